The molecule has 1 saturated carbocycles. The van der Waals surface area contributed by atoms with E-state index >= 15 is 0 Å². The summed E-state index contributed by atoms with van der Waals surface area (Å²) < 4.78 is 0. The van der Waals surface area contributed by atoms with E-state index in [1.807, 2.05) is 45.0 Å². The van der Waals surface area contributed by atoms with Gasteiger partial charge in [-0.25, -0.2) is 4.98 Å². The van der Waals surface area contributed by atoms with E-state index in [-0.39, 0.29) is 11.3 Å². The molecule has 0 spiro atoms. The third-order valence-corrected chi connectivity index (χ3v) is 4.34. The highest BCUT2D eigenvalue weighted by atomic mass is 16.2. The largest absolute Gasteiger partial charge is 0.326 e. The van der Waals surface area contributed by atoms with Crippen molar-refractivity contribution in [2.24, 2.45) is 5.41 Å². The third kappa shape index (κ3) is 3.03. The predicted molar refractivity (Wildman–Crippen MR) is 86.5 cm³/mol. The van der Waals surface area contributed by atoms with Crippen molar-refractivity contribution in [1.29, 1.82) is 0 Å². The quantitative estimate of drug-likeness (QED) is 0.883. The molecule has 5 nitrogen and oxygen atoms in total. The summed E-state index contributed by atoms with van der Waals surface area (Å²) in [5.74, 6) is 2.24. The molecule has 1 fully saturated rings. The molecule has 0 saturated heterocycles. The standard InChI is InChI=1S/C17H22N4O/c1-4-17(2,3)16(22)18-13-7-5-6-12(10-13)15-19-14(20-21-15)11-8-9-11/h5-7,10-11H,4,8-9H2,1-3H3,(H,18,22)(H,19,20,21). The third-order valence-electron chi connectivity index (χ3n) is 4.34. The first-order valence-corrected chi connectivity index (χ1v) is 7.84. The molecule has 1 aliphatic rings. The zero-order valence-corrected chi connectivity index (χ0v) is 13.3. The molecule has 1 aromatic heterocycles. The van der Waals surface area contributed by atoms with Gasteiger partial charge in [-0.2, -0.15) is 5.10 Å². The summed E-state index contributed by atoms with van der Waals surface area (Å²) in [6.45, 7) is 5.91. The summed E-state index contributed by atoms with van der Waals surface area (Å²) >= 11 is 0. The van der Waals surface area contributed by atoms with Crippen molar-refractivity contribution in [3.8, 4) is 11.4 Å². The highest BCUT2D eigenvalue weighted by molar-refractivity contribution is 5.95. The number of nitrogens with zero attached hydrogens (tertiary/aromatic N) is 2. The van der Waals surface area contributed by atoms with Gasteiger partial charge in [0.05, 0.1) is 0 Å². The second kappa shape index (κ2) is 5.55. The number of rotatable bonds is 5. The van der Waals surface area contributed by atoms with Crippen molar-refractivity contribution in [1.82, 2.24) is 15.2 Å². The van der Waals surface area contributed by atoms with Gasteiger partial charge in [-0.15, -0.1) is 0 Å². The van der Waals surface area contributed by atoms with Gasteiger partial charge >= 0.3 is 0 Å². The van der Waals surface area contributed by atoms with Gasteiger partial charge in [0.15, 0.2) is 5.82 Å². The summed E-state index contributed by atoms with van der Waals surface area (Å²) in [4.78, 5) is 16.8. The van der Waals surface area contributed by atoms with Crippen molar-refractivity contribution >= 4 is 11.6 Å². The molecule has 116 valence electrons. The van der Waals surface area contributed by atoms with Crippen molar-refractivity contribution in [2.75, 3.05) is 5.32 Å². The molecule has 0 bridgehead atoms. The number of hydrogen-bond acceptors (Lipinski definition) is 3. The summed E-state index contributed by atoms with van der Waals surface area (Å²) in [5.41, 5.74) is 1.32. The Bertz CT molecular complexity index is 685. The van der Waals surface area contributed by atoms with Crippen molar-refractivity contribution in [2.45, 2.75) is 46.0 Å². The molecule has 2 N–H and O–H groups in total. The minimum Gasteiger partial charge on any atom is -0.326 e. The van der Waals surface area contributed by atoms with Gasteiger partial charge in [0.25, 0.3) is 0 Å². The van der Waals surface area contributed by atoms with E-state index in [4.69, 9.17) is 0 Å². The molecule has 1 heterocycles. The number of H-pyrrole nitrogens is 1. The van der Waals surface area contributed by atoms with Crippen LogP contribution in [0, 0.1) is 5.41 Å². The predicted octanol–water partition coefficient (Wildman–Crippen LogP) is 3.72. The highest BCUT2D eigenvalue weighted by Crippen LogP contribution is 2.38. The molecule has 0 radical (unpaired) electrons. The second-order valence-electron chi connectivity index (χ2n) is 6.59. The fourth-order valence-electron chi connectivity index (χ4n) is 2.14. The van der Waals surface area contributed by atoms with Crippen LogP contribution in [0.2, 0.25) is 0 Å². The molecule has 0 aliphatic heterocycles. The number of aromatic nitrogens is 3. The van der Waals surface area contributed by atoms with Crippen LogP contribution in [0.25, 0.3) is 11.4 Å². The number of amides is 1. The first-order valence-electron chi connectivity index (χ1n) is 7.84. The normalized spacial score (nSPS) is 14.9. The average Bonchev–Trinajstić information content (AvgIpc) is 3.24. The average molecular weight is 298 g/mol. The van der Waals surface area contributed by atoms with Crippen LogP contribution in [0.15, 0.2) is 24.3 Å². The molecule has 2 aromatic rings. The van der Waals surface area contributed by atoms with E-state index in [0.717, 1.165) is 23.5 Å². The van der Waals surface area contributed by atoms with Crippen LogP contribution in [-0.4, -0.2) is 21.1 Å². The molecule has 5 heteroatoms. The maximum Gasteiger partial charge on any atom is 0.230 e. The molecule has 0 atom stereocenters. The number of nitrogens with one attached hydrogen (secondary N) is 2. The zero-order valence-electron chi connectivity index (χ0n) is 13.3. The molecular weight excluding hydrogens is 276 g/mol. The summed E-state index contributed by atoms with van der Waals surface area (Å²) in [5, 5.41) is 10.3. The molecule has 0 unspecified atom stereocenters. The van der Waals surface area contributed by atoms with Crippen LogP contribution >= 0.6 is 0 Å². The fourth-order valence-corrected chi connectivity index (χ4v) is 2.14. The summed E-state index contributed by atoms with van der Waals surface area (Å²) in [7, 11) is 0. The number of benzene rings is 1. The Hall–Kier alpha value is -2.17. The fraction of sp³-hybridized carbons (Fsp3) is 0.471. The van der Waals surface area contributed by atoms with Gasteiger partial charge in [0.1, 0.15) is 5.82 Å². The summed E-state index contributed by atoms with van der Waals surface area (Å²) in [6, 6.07) is 7.68. The lowest BCUT2D eigenvalue weighted by Gasteiger charge is -2.21. The van der Waals surface area contributed by atoms with Crippen LogP contribution in [0.5, 0.6) is 0 Å². The van der Waals surface area contributed by atoms with Gasteiger partial charge in [0.2, 0.25) is 5.91 Å². The van der Waals surface area contributed by atoms with Crippen molar-refractivity contribution in [3.05, 3.63) is 30.1 Å². The zero-order chi connectivity index (χ0) is 15.7. The second-order valence-corrected chi connectivity index (χ2v) is 6.59. The molecule has 22 heavy (non-hydrogen) atoms. The Morgan fingerprint density at radius 3 is 2.86 bits per heavy atom. The van der Waals surface area contributed by atoms with Gasteiger partial charge in [-0.05, 0) is 31.4 Å². The molecule has 3 rings (SSSR count). The first-order chi connectivity index (χ1) is 10.5. The number of anilines is 1. The Morgan fingerprint density at radius 1 is 1.41 bits per heavy atom. The van der Waals surface area contributed by atoms with Crippen molar-refractivity contribution < 1.29 is 4.79 Å². The van der Waals surface area contributed by atoms with E-state index in [1.165, 1.54) is 12.8 Å². The van der Waals surface area contributed by atoms with Crippen LogP contribution in [0.1, 0.15) is 51.8 Å². The van der Waals surface area contributed by atoms with Crippen LogP contribution in [-0.2, 0) is 4.79 Å². The van der Waals surface area contributed by atoms with E-state index in [2.05, 4.69) is 20.5 Å². The monoisotopic (exact) mass is 298 g/mol. The Labute approximate surface area is 130 Å². The Morgan fingerprint density at radius 2 is 2.18 bits per heavy atom. The van der Waals surface area contributed by atoms with Gasteiger partial charge in [-0.3, -0.25) is 9.89 Å². The smallest absolute Gasteiger partial charge is 0.230 e. The van der Waals surface area contributed by atoms with E-state index < -0.39 is 0 Å². The molecule has 1 aliphatic carbocycles. The minimum atomic E-state index is -0.375. The van der Waals surface area contributed by atoms with Crippen LogP contribution in [0.3, 0.4) is 0 Å². The lowest BCUT2D eigenvalue weighted by Crippen LogP contribution is -2.29. The van der Waals surface area contributed by atoms with E-state index in [0.29, 0.717) is 11.7 Å². The Kier molecular flexibility index (Phi) is 3.72. The van der Waals surface area contributed by atoms with Gasteiger partial charge in [-0.1, -0.05) is 32.9 Å². The van der Waals surface area contributed by atoms with Crippen molar-refractivity contribution in [3.63, 3.8) is 0 Å². The maximum absolute atomic E-state index is 12.3. The number of hydrogen-bond donors (Lipinski definition) is 2. The number of carbonyl (C=O) groups excluding carboxylic acids is 1. The summed E-state index contributed by atoms with van der Waals surface area (Å²) in [6.07, 6.45) is 3.18. The topological polar surface area (TPSA) is 70.7 Å². The van der Waals surface area contributed by atoms with Crippen LogP contribution in [0.4, 0.5) is 5.69 Å². The maximum atomic E-state index is 12.3. The van der Waals surface area contributed by atoms with Crippen LogP contribution < -0.4 is 5.32 Å². The molecule has 1 amide bonds. The van der Waals surface area contributed by atoms with Gasteiger partial charge in [0, 0.05) is 22.6 Å². The van der Waals surface area contributed by atoms with Gasteiger partial charge < -0.3 is 5.32 Å². The number of aromatic amines is 1. The van der Waals surface area contributed by atoms with E-state index in [1.54, 1.807) is 0 Å². The number of carbonyl (C=O) groups is 1. The minimum absolute atomic E-state index is 0.0285. The molecule has 1 aromatic carbocycles. The molecular formula is C17H22N4O. The van der Waals surface area contributed by atoms with E-state index in [9.17, 15) is 4.79 Å². The highest BCUT2D eigenvalue weighted by Gasteiger charge is 2.27. The Balaban J connectivity index is 1.78. The lowest BCUT2D eigenvalue weighted by molar-refractivity contribution is -0.124. The first kappa shape index (κ1) is 14.8. The SMILES string of the molecule is CCC(C)(C)C(=O)Nc1cccc(-c2n[nH]c(C3CC3)n2)c1. The lowest BCUT2D eigenvalue weighted by atomic mass is 9.89.